The molecule has 0 bridgehead atoms. The summed E-state index contributed by atoms with van der Waals surface area (Å²) in [5, 5.41) is 9.56. The van der Waals surface area contributed by atoms with Crippen LogP contribution in [0.2, 0.25) is 0 Å². The van der Waals surface area contributed by atoms with E-state index >= 15 is 0 Å². The summed E-state index contributed by atoms with van der Waals surface area (Å²) < 4.78 is 19.9. The zero-order chi connectivity index (χ0) is 16.4. The Kier molecular flexibility index (Phi) is 4.27. The Morgan fingerprint density at radius 1 is 1.26 bits per heavy atom. The number of ether oxygens (including phenoxy) is 1. The third kappa shape index (κ3) is 3.18. The lowest BCUT2D eigenvalue weighted by Crippen LogP contribution is -2.20. The number of carbonyl (C=O) groups is 1. The monoisotopic (exact) mass is 331 g/mol. The van der Waals surface area contributed by atoms with E-state index in [0.29, 0.717) is 11.3 Å². The molecule has 6 heteroatoms. The molecular formula is C17H14FNO3S. The van der Waals surface area contributed by atoms with E-state index in [1.54, 1.807) is 18.7 Å². The number of thiophene rings is 1. The van der Waals surface area contributed by atoms with Crippen LogP contribution in [0, 0.1) is 5.82 Å². The highest BCUT2D eigenvalue weighted by Gasteiger charge is 2.12. The zero-order valence-electron chi connectivity index (χ0n) is 12.3. The molecular weight excluding hydrogens is 317 g/mol. The van der Waals surface area contributed by atoms with E-state index in [0.717, 1.165) is 20.5 Å². The Labute approximate surface area is 136 Å². The molecule has 1 heterocycles. The molecule has 0 fully saturated rings. The minimum absolute atomic E-state index is 0.0981. The van der Waals surface area contributed by atoms with Crippen molar-refractivity contribution >= 4 is 27.3 Å². The van der Waals surface area contributed by atoms with E-state index in [9.17, 15) is 9.18 Å². The first-order chi connectivity index (χ1) is 11.1. The number of benzene rings is 2. The molecule has 4 nitrogen and oxygen atoms in total. The molecule has 0 atom stereocenters. The van der Waals surface area contributed by atoms with Gasteiger partial charge in [-0.15, -0.1) is 11.3 Å². The van der Waals surface area contributed by atoms with Gasteiger partial charge < -0.3 is 4.74 Å². The van der Waals surface area contributed by atoms with Crippen LogP contribution in [0.3, 0.4) is 0 Å². The molecule has 23 heavy (non-hydrogen) atoms. The first kappa shape index (κ1) is 15.5. The predicted molar refractivity (Wildman–Crippen MR) is 87.4 cm³/mol. The molecule has 3 aromatic rings. The second kappa shape index (κ2) is 6.36. The molecule has 1 aromatic heterocycles. The van der Waals surface area contributed by atoms with Gasteiger partial charge in [-0.25, -0.2) is 9.87 Å². The second-order valence-corrected chi connectivity index (χ2v) is 6.12. The fraction of sp³-hybridized carbons (Fsp3) is 0.118. The molecule has 0 aliphatic rings. The number of halogens is 1. The molecule has 0 saturated heterocycles. The van der Waals surface area contributed by atoms with Gasteiger partial charge in [0.15, 0.2) is 0 Å². The first-order valence-corrected chi connectivity index (χ1v) is 7.71. The highest BCUT2D eigenvalue weighted by molar-refractivity contribution is 7.22. The topological polar surface area (TPSA) is 58.6 Å². The number of rotatable bonds is 4. The highest BCUT2D eigenvalue weighted by atomic mass is 32.1. The highest BCUT2D eigenvalue weighted by Crippen LogP contribution is 2.38. The lowest BCUT2D eigenvalue weighted by atomic mass is 10.1. The van der Waals surface area contributed by atoms with Crippen LogP contribution in [0.4, 0.5) is 4.39 Å². The van der Waals surface area contributed by atoms with E-state index in [1.807, 2.05) is 24.3 Å². The second-order valence-electron chi connectivity index (χ2n) is 5.04. The quantitative estimate of drug-likeness (QED) is 0.565. The number of carbonyl (C=O) groups excluding carboxylic acids is 1. The lowest BCUT2D eigenvalue weighted by molar-refractivity contribution is -0.128. The van der Waals surface area contributed by atoms with Gasteiger partial charge in [-0.2, -0.15) is 0 Å². The Bertz CT molecular complexity index is 875. The number of fused-ring (bicyclic) bond motifs is 1. The van der Waals surface area contributed by atoms with Crippen molar-refractivity contribution in [3.63, 3.8) is 0 Å². The summed E-state index contributed by atoms with van der Waals surface area (Å²) in [6.07, 6.45) is 0.0981. The number of hydrogen-bond donors (Lipinski definition) is 2. The van der Waals surface area contributed by atoms with Crippen molar-refractivity contribution in [2.75, 3.05) is 7.11 Å². The lowest BCUT2D eigenvalue weighted by Gasteiger charge is -2.06. The molecule has 2 aromatic carbocycles. The van der Waals surface area contributed by atoms with Crippen LogP contribution in [0.5, 0.6) is 5.75 Å². The zero-order valence-corrected chi connectivity index (χ0v) is 13.1. The number of methoxy groups -OCH3 is 1. The van der Waals surface area contributed by atoms with Gasteiger partial charge in [0.25, 0.3) is 0 Å². The van der Waals surface area contributed by atoms with Gasteiger partial charge in [0.05, 0.1) is 13.5 Å². The number of hydroxylamine groups is 1. The van der Waals surface area contributed by atoms with Gasteiger partial charge in [-0.1, -0.05) is 6.07 Å². The maximum absolute atomic E-state index is 13.6. The molecule has 0 saturated carbocycles. The fourth-order valence-electron chi connectivity index (χ4n) is 2.43. The predicted octanol–water partition coefficient (Wildman–Crippen LogP) is 3.76. The summed E-state index contributed by atoms with van der Waals surface area (Å²) in [7, 11) is 1.55. The first-order valence-electron chi connectivity index (χ1n) is 6.90. The normalized spacial score (nSPS) is 10.7. The van der Waals surface area contributed by atoms with Crippen molar-refractivity contribution in [1.82, 2.24) is 5.48 Å². The number of hydrogen-bond acceptors (Lipinski definition) is 4. The van der Waals surface area contributed by atoms with Crippen LogP contribution >= 0.6 is 11.3 Å². The Morgan fingerprint density at radius 2 is 2.09 bits per heavy atom. The van der Waals surface area contributed by atoms with Crippen molar-refractivity contribution in [2.45, 2.75) is 6.42 Å². The maximum Gasteiger partial charge on any atom is 0.247 e. The van der Waals surface area contributed by atoms with Crippen LogP contribution < -0.4 is 10.2 Å². The van der Waals surface area contributed by atoms with E-state index in [4.69, 9.17) is 9.94 Å². The Hall–Kier alpha value is -2.44. The summed E-state index contributed by atoms with van der Waals surface area (Å²) >= 11 is 1.53. The van der Waals surface area contributed by atoms with Crippen molar-refractivity contribution in [3.8, 4) is 16.2 Å². The maximum atomic E-state index is 13.6. The van der Waals surface area contributed by atoms with Gasteiger partial charge in [-0.05, 0) is 47.3 Å². The standard InChI is InChI=1S/C17H14FNO3S/c1-22-14-4-3-12(18)9-13(14)16-8-11-6-10(7-17(20)19-21)2-5-15(11)23-16/h2-6,8-9,21H,7H2,1H3,(H,19,20). The van der Waals surface area contributed by atoms with Gasteiger partial charge >= 0.3 is 0 Å². The van der Waals surface area contributed by atoms with E-state index < -0.39 is 5.91 Å². The smallest absolute Gasteiger partial charge is 0.247 e. The average molecular weight is 331 g/mol. The summed E-state index contributed by atoms with van der Waals surface area (Å²) in [5.74, 6) is -0.178. The Morgan fingerprint density at radius 3 is 2.83 bits per heavy atom. The van der Waals surface area contributed by atoms with Crippen LogP contribution in [-0.4, -0.2) is 18.2 Å². The Balaban J connectivity index is 2.03. The average Bonchev–Trinajstić information content (AvgIpc) is 2.97. The summed E-state index contributed by atoms with van der Waals surface area (Å²) in [5.41, 5.74) is 3.11. The molecule has 3 rings (SSSR count). The SMILES string of the molecule is COc1ccc(F)cc1-c1cc2cc(CC(=O)NO)ccc2s1. The minimum Gasteiger partial charge on any atom is -0.496 e. The van der Waals surface area contributed by atoms with Gasteiger partial charge in [0.1, 0.15) is 11.6 Å². The van der Waals surface area contributed by atoms with Gasteiger partial charge in [0.2, 0.25) is 5.91 Å². The number of nitrogens with one attached hydrogen (secondary N) is 1. The third-order valence-electron chi connectivity index (χ3n) is 3.50. The molecule has 2 N–H and O–H groups in total. The van der Waals surface area contributed by atoms with Crippen molar-refractivity contribution < 1.29 is 19.1 Å². The summed E-state index contributed by atoms with van der Waals surface area (Å²) in [4.78, 5) is 12.1. The van der Waals surface area contributed by atoms with Crippen LogP contribution in [0.15, 0.2) is 42.5 Å². The molecule has 0 unspecified atom stereocenters. The van der Waals surface area contributed by atoms with Crippen LogP contribution in [0.1, 0.15) is 5.56 Å². The molecule has 0 radical (unpaired) electrons. The van der Waals surface area contributed by atoms with Crippen molar-refractivity contribution in [2.24, 2.45) is 0 Å². The van der Waals surface area contributed by atoms with E-state index in [1.165, 1.54) is 23.5 Å². The fourth-order valence-corrected chi connectivity index (χ4v) is 3.50. The number of amides is 1. The van der Waals surface area contributed by atoms with E-state index in [2.05, 4.69) is 0 Å². The van der Waals surface area contributed by atoms with Crippen molar-refractivity contribution in [1.29, 1.82) is 0 Å². The van der Waals surface area contributed by atoms with Gasteiger partial charge in [0, 0.05) is 15.1 Å². The van der Waals surface area contributed by atoms with Crippen LogP contribution in [-0.2, 0) is 11.2 Å². The molecule has 118 valence electrons. The summed E-state index contributed by atoms with van der Waals surface area (Å²) in [6.45, 7) is 0. The third-order valence-corrected chi connectivity index (χ3v) is 4.65. The molecule has 1 amide bonds. The van der Waals surface area contributed by atoms with Crippen LogP contribution in [0.25, 0.3) is 20.5 Å². The molecule has 0 aliphatic heterocycles. The van der Waals surface area contributed by atoms with Gasteiger partial charge in [-0.3, -0.25) is 10.0 Å². The van der Waals surface area contributed by atoms with E-state index in [-0.39, 0.29) is 12.2 Å². The molecule has 0 spiro atoms. The summed E-state index contributed by atoms with van der Waals surface area (Å²) in [6, 6.07) is 12.0. The largest absolute Gasteiger partial charge is 0.496 e. The van der Waals surface area contributed by atoms with Crippen molar-refractivity contribution in [3.05, 3.63) is 53.8 Å². The molecule has 0 aliphatic carbocycles. The minimum atomic E-state index is -0.466.